The first kappa shape index (κ1) is 17.3. The summed E-state index contributed by atoms with van der Waals surface area (Å²) in [5.41, 5.74) is 1.23. The molecule has 0 spiro atoms. The lowest BCUT2D eigenvalue weighted by Crippen LogP contribution is -2.14. The monoisotopic (exact) mass is 419 g/mol. The molecule has 7 heteroatoms. The molecule has 0 bridgehead atoms. The average molecular weight is 420 g/mol. The Bertz CT molecular complexity index is 936. The number of benzene rings is 2. The Balaban J connectivity index is 1.94. The Morgan fingerprint density at radius 2 is 1.68 bits per heavy atom. The van der Waals surface area contributed by atoms with E-state index in [0.717, 1.165) is 10.0 Å². The Morgan fingerprint density at radius 1 is 1.04 bits per heavy atom. The van der Waals surface area contributed by atoms with E-state index in [1.807, 2.05) is 12.1 Å². The molecule has 4 nitrogen and oxygen atoms in total. The molecular weight excluding hydrogens is 409 g/mol. The number of anilines is 1. The van der Waals surface area contributed by atoms with Crippen molar-refractivity contribution in [3.63, 3.8) is 0 Å². The maximum Gasteiger partial charge on any atom is 0.339 e. The second-order valence-electron chi connectivity index (χ2n) is 5.13. The normalized spacial score (nSPS) is 10.5. The highest BCUT2D eigenvalue weighted by Gasteiger charge is 2.21. The van der Waals surface area contributed by atoms with Gasteiger partial charge in [0.05, 0.1) is 10.6 Å². The van der Waals surface area contributed by atoms with Gasteiger partial charge in [-0.1, -0.05) is 28.1 Å². The summed E-state index contributed by atoms with van der Waals surface area (Å²) in [5.74, 6) is -2.08. The summed E-state index contributed by atoms with van der Waals surface area (Å²) in [6, 6.07) is 12.3. The largest absolute Gasteiger partial charge is 0.478 e. The third kappa shape index (κ3) is 3.78. The number of thiophene rings is 1. The van der Waals surface area contributed by atoms with Gasteiger partial charge in [0, 0.05) is 15.4 Å². The van der Waals surface area contributed by atoms with Gasteiger partial charge in [0.25, 0.3) is 5.91 Å². The molecular formula is C18H11BrFNO3S. The third-order valence-electron chi connectivity index (χ3n) is 3.47. The minimum absolute atomic E-state index is 0.0304. The van der Waals surface area contributed by atoms with E-state index in [1.54, 1.807) is 17.5 Å². The molecule has 25 heavy (non-hydrogen) atoms. The Morgan fingerprint density at radius 3 is 2.28 bits per heavy atom. The molecule has 1 heterocycles. The summed E-state index contributed by atoms with van der Waals surface area (Å²) in [6.07, 6.45) is 0. The maximum atomic E-state index is 13.0. The van der Waals surface area contributed by atoms with Crippen molar-refractivity contribution >= 4 is 44.8 Å². The first-order valence-electron chi connectivity index (χ1n) is 7.13. The van der Waals surface area contributed by atoms with Gasteiger partial charge in [-0.25, -0.2) is 9.18 Å². The van der Waals surface area contributed by atoms with Gasteiger partial charge < -0.3 is 10.4 Å². The van der Waals surface area contributed by atoms with Crippen LogP contribution in [-0.4, -0.2) is 17.0 Å². The molecule has 2 aromatic carbocycles. The second-order valence-corrected chi connectivity index (χ2v) is 6.92. The van der Waals surface area contributed by atoms with Gasteiger partial charge in [0.2, 0.25) is 0 Å². The molecule has 0 aliphatic carbocycles. The van der Waals surface area contributed by atoms with Gasteiger partial charge in [-0.15, -0.1) is 11.3 Å². The summed E-state index contributed by atoms with van der Waals surface area (Å²) in [5, 5.41) is 13.7. The van der Waals surface area contributed by atoms with Crippen molar-refractivity contribution in [3.05, 3.63) is 75.3 Å². The highest BCUT2D eigenvalue weighted by molar-refractivity contribution is 9.10. The lowest BCUT2D eigenvalue weighted by molar-refractivity contribution is 0.0699. The summed E-state index contributed by atoms with van der Waals surface area (Å²) in [6.45, 7) is 0. The number of amides is 1. The van der Waals surface area contributed by atoms with Crippen LogP contribution in [-0.2, 0) is 0 Å². The number of hydrogen-bond donors (Lipinski definition) is 2. The van der Waals surface area contributed by atoms with Gasteiger partial charge in [-0.3, -0.25) is 4.79 Å². The van der Waals surface area contributed by atoms with Crippen LogP contribution in [0, 0.1) is 5.82 Å². The average Bonchev–Trinajstić information content (AvgIpc) is 3.00. The predicted molar refractivity (Wildman–Crippen MR) is 98.8 cm³/mol. The fourth-order valence-electron chi connectivity index (χ4n) is 2.27. The lowest BCUT2D eigenvalue weighted by Gasteiger charge is -2.06. The second kappa shape index (κ2) is 7.16. The molecule has 3 rings (SSSR count). The molecule has 0 fully saturated rings. The first-order valence-corrected chi connectivity index (χ1v) is 8.80. The number of halogens is 2. The van der Waals surface area contributed by atoms with Crippen LogP contribution in [0.3, 0.4) is 0 Å². The summed E-state index contributed by atoms with van der Waals surface area (Å²) >= 11 is 4.57. The van der Waals surface area contributed by atoms with E-state index < -0.39 is 17.7 Å². The molecule has 0 saturated heterocycles. The van der Waals surface area contributed by atoms with E-state index in [9.17, 15) is 19.1 Å². The number of carboxylic acids is 1. The zero-order chi connectivity index (χ0) is 18.0. The standard InChI is InChI=1S/C18H11BrFNO3S/c19-12-5-1-10(2-6-12)16-15(18(23)24)14(9-25-16)21-17(22)11-3-7-13(20)8-4-11/h1-9H,(H,21,22)(H,23,24). The molecule has 126 valence electrons. The maximum absolute atomic E-state index is 13.0. The minimum atomic E-state index is -1.13. The molecule has 2 N–H and O–H groups in total. The number of aromatic carboxylic acids is 1. The van der Waals surface area contributed by atoms with E-state index >= 15 is 0 Å². The number of carbonyl (C=O) groups is 2. The van der Waals surface area contributed by atoms with Crippen LogP contribution < -0.4 is 5.32 Å². The van der Waals surface area contributed by atoms with Gasteiger partial charge >= 0.3 is 5.97 Å². The van der Waals surface area contributed by atoms with Gasteiger partial charge in [0.1, 0.15) is 11.4 Å². The number of carbonyl (C=O) groups excluding carboxylic acids is 1. The molecule has 0 aliphatic rings. The summed E-state index contributed by atoms with van der Waals surface area (Å²) < 4.78 is 13.8. The van der Waals surface area contributed by atoms with Gasteiger partial charge in [-0.2, -0.15) is 0 Å². The van der Waals surface area contributed by atoms with Crippen molar-refractivity contribution in [2.75, 3.05) is 5.32 Å². The van der Waals surface area contributed by atoms with E-state index in [4.69, 9.17) is 0 Å². The smallest absolute Gasteiger partial charge is 0.339 e. The fourth-order valence-corrected chi connectivity index (χ4v) is 3.54. The topological polar surface area (TPSA) is 66.4 Å². The number of carboxylic acid groups (broad SMARTS) is 1. The SMILES string of the molecule is O=C(Nc1csc(-c2ccc(Br)cc2)c1C(=O)O)c1ccc(F)cc1. The Labute approximate surface area is 155 Å². The van der Waals surface area contributed by atoms with Crippen molar-refractivity contribution in [1.29, 1.82) is 0 Å². The molecule has 0 radical (unpaired) electrons. The van der Waals surface area contributed by atoms with Crippen LogP contribution in [0.4, 0.5) is 10.1 Å². The van der Waals surface area contributed by atoms with E-state index in [2.05, 4.69) is 21.2 Å². The van der Waals surface area contributed by atoms with Gasteiger partial charge in [0.15, 0.2) is 0 Å². The molecule has 3 aromatic rings. The van der Waals surface area contributed by atoms with Gasteiger partial charge in [-0.05, 0) is 42.0 Å². The van der Waals surface area contributed by atoms with Crippen LogP contribution in [0.1, 0.15) is 20.7 Å². The highest BCUT2D eigenvalue weighted by Crippen LogP contribution is 2.36. The summed E-state index contributed by atoms with van der Waals surface area (Å²) in [4.78, 5) is 24.5. The zero-order valence-electron chi connectivity index (χ0n) is 12.6. The van der Waals surface area contributed by atoms with Crippen LogP contribution >= 0.6 is 27.3 Å². The number of nitrogens with one attached hydrogen (secondary N) is 1. The molecule has 1 amide bonds. The van der Waals surface area contributed by atoms with E-state index in [-0.39, 0.29) is 16.8 Å². The summed E-state index contributed by atoms with van der Waals surface area (Å²) in [7, 11) is 0. The van der Waals surface area contributed by atoms with Crippen LogP contribution in [0.2, 0.25) is 0 Å². The van der Waals surface area contributed by atoms with Crippen LogP contribution in [0.15, 0.2) is 58.4 Å². The predicted octanol–water partition coefficient (Wildman–Crippen LogP) is 5.27. The fraction of sp³-hybridized carbons (Fsp3) is 0. The molecule has 0 atom stereocenters. The van der Waals surface area contributed by atoms with Crippen LogP contribution in [0.5, 0.6) is 0 Å². The third-order valence-corrected chi connectivity index (χ3v) is 5.02. The quantitative estimate of drug-likeness (QED) is 0.605. The molecule has 0 aliphatic heterocycles. The molecule has 1 aromatic heterocycles. The van der Waals surface area contributed by atoms with Crippen molar-refractivity contribution in [3.8, 4) is 10.4 Å². The van der Waals surface area contributed by atoms with Crippen molar-refractivity contribution in [2.24, 2.45) is 0 Å². The lowest BCUT2D eigenvalue weighted by atomic mass is 10.1. The Hall–Kier alpha value is -2.51. The van der Waals surface area contributed by atoms with Crippen molar-refractivity contribution in [1.82, 2.24) is 0 Å². The van der Waals surface area contributed by atoms with Crippen LogP contribution in [0.25, 0.3) is 10.4 Å². The number of rotatable bonds is 4. The van der Waals surface area contributed by atoms with Crippen molar-refractivity contribution in [2.45, 2.75) is 0 Å². The number of hydrogen-bond acceptors (Lipinski definition) is 3. The Kier molecular flexibility index (Phi) is 4.96. The van der Waals surface area contributed by atoms with E-state index in [1.165, 1.54) is 35.6 Å². The highest BCUT2D eigenvalue weighted by atomic mass is 79.9. The van der Waals surface area contributed by atoms with E-state index in [0.29, 0.717) is 4.88 Å². The zero-order valence-corrected chi connectivity index (χ0v) is 15.0. The minimum Gasteiger partial charge on any atom is -0.478 e. The van der Waals surface area contributed by atoms with Crippen molar-refractivity contribution < 1.29 is 19.1 Å². The molecule has 0 saturated carbocycles. The molecule has 0 unspecified atom stereocenters. The first-order chi connectivity index (χ1) is 12.0.